The van der Waals surface area contributed by atoms with Crippen LogP contribution < -0.4 is 5.32 Å². The third kappa shape index (κ3) is 2.84. The van der Waals surface area contributed by atoms with Crippen molar-refractivity contribution in [3.63, 3.8) is 0 Å². The summed E-state index contributed by atoms with van der Waals surface area (Å²) in [5, 5.41) is 3.56. The lowest BCUT2D eigenvalue weighted by atomic mass is 9.94. The van der Waals surface area contributed by atoms with Crippen molar-refractivity contribution in [3.05, 3.63) is 0 Å². The second-order valence-electron chi connectivity index (χ2n) is 5.15. The number of rotatable bonds is 1. The molecule has 2 saturated heterocycles. The van der Waals surface area contributed by atoms with E-state index < -0.39 is 0 Å². The molecule has 2 aliphatic heterocycles. The zero-order valence-corrected chi connectivity index (χ0v) is 10.8. The van der Waals surface area contributed by atoms with Gasteiger partial charge in [0.05, 0.1) is 6.61 Å². The molecule has 0 amide bonds. The van der Waals surface area contributed by atoms with Gasteiger partial charge in [-0.1, -0.05) is 6.92 Å². The van der Waals surface area contributed by atoms with Crippen molar-refractivity contribution in [3.8, 4) is 0 Å². The fraction of sp³-hybridized carbons (Fsp3) is 1.00. The highest BCUT2D eigenvalue weighted by molar-refractivity contribution is 5.85. The van der Waals surface area contributed by atoms with Crippen LogP contribution in [0.3, 0.4) is 0 Å². The summed E-state index contributed by atoms with van der Waals surface area (Å²) in [6.45, 7) is 8.81. The van der Waals surface area contributed by atoms with E-state index in [4.69, 9.17) is 4.74 Å². The maximum absolute atomic E-state index is 5.97. The Hall–Kier alpha value is 0.170. The van der Waals surface area contributed by atoms with E-state index in [2.05, 4.69) is 31.1 Å². The van der Waals surface area contributed by atoms with Crippen LogP contribution in [-0.4, -0.2) is 43.9 Å². The first kappa shape index (κ1) is 13.2. The van der Waals surface area contributed by atoms with Gasteiger partial charge in [0, 0.05) is 19.0 Å². The summed E-state index contributed by atoms with van der Waals surface area (Å²) in [7, 11) is 2.19. The first-order valence-corrected chi connectivity index (χ1v) is 5.68. The van der Waals surface area contributed by atoms with Crippen molar-refractivity contribution in [1.82, 2.24) is 10.2 Å². The number of nitrogens with one attached hydrogen (secondary N) is 1. The Kier molecular flexibility index (Phi) is 4.41. The van der Waals surface area contributed by atoms with Crippen LogP contribution in [0.5, 0.6) is 0 Å². The van der Waals surface area contributed by atoms with Crippen LogP contribution >= 0.6 is 12.4 Å². The Morgan fingerprint density at radius 3 is 2.67 bits per heavy atom. The highest BCUT2D eigenvalue weighted by atomic mass is 35.5. The molecule has 0 aromatic heterocycles. The molecule has 0 radical (unpaired) electrons. The molecule has 1 N–H and O–H groups in total. The third-order valence-corrected chi connectivity index (χ3v) is 3.64. The van der Waals surface area contributed by atoms with E-state index in [0.29, 0.717) is 11.8 Å². The van der Waals surface area contributed by atoms with Gasteiger partial charge in [-0.15, -0.1) is 12.4 Å². The number of hydrogen-bond donors (Lipinski definition) is 1. The van der Waals surface area contributed by atoms with Gasteiger partial charge in [0.1, 0.15) is 5.72 Å². The van der Waals surface area contributed by atoms with Gasteiger partial charge in [-0.2, -0.15) is 0 Å². The molecular formula is C11H23ClN2O. The van der Waals surface area contributed by atoms with Crippen molar-refractivity contribution in [2.24, 2.45) is 11.8 Å². The molecule has 2 aliphatic rings. The maximum Gasteiger partial charge on any atom is 0.120 e. The zero-order chi connectivity index (χ0) is 10.2. The predicted molar refractivity (Wildman–Crippen MR) is 64.4 cm³/mol. The number of hydrogen-bond acceptors (Lipinski definition) is 3. The van der Waals surface area contributed by atoms with Crippen LogP contribution in [0.4, 0.5) is 0 Å². The zero-order valence-electron chi connectivity index (χ0n) is 9.95. The van der Waals surface area contributed by atoms with Crippen LogP contribution in [0.2, 0.25) is 0 Å². The monoisotopic (exact) mass is 234 g/mol. The van der Waals surface area contributed by atoms with Gasteiger partial charge in [0.2, 0.25) is 0 Å². The molecule has 3 atom stereocenters. The molecule has 4 heteroatoms. The lowest BCUT2D eigenvalue weighted by molar-refractivity contribution is -0.132. The van der Waals surface area contributed by atoms with Crippen LogP contribution in [-0.2, 0) is 4.74 Å². The normalized spacial score (nSPS) is 42.6. The Bertz CT molecular complexity index is 205. The third-order valence-electron chi connectivity index (χ3n) is 3.64. The van der Waals surface area contributed by atoms with Crippen molar-refractivity contribution >= 4 is 12.4 Å². The van der Waals surface area contributed by atoms with Crippen molar-refractivity contribution in [1.29, 1.82) is 0 Å². The van der Waals surface area contributed by atoms with E-state index in [1.165, 1.54) is 13.0 Å². The van der Waals surface area contributed by atoms with Crippen molar-refractivity contribution in [2.45, 2.75) is 26.0 Å². The Morgan fingerprint density at radius 2 is 2.20 bits per heavy atom. The van der Waals surface area contributed by atoms with Crippen LogP contribution in [0.1, 0.15) is 20.3 Å². The summed E-state index contributed by atoms with van der Waals surface area (Å²) in [5.74, 6) is 1.31. The number of ether oxygens (including phenoxy) is 1. The number of nitrogens with zero attached hydrogens (tertiary/aromatic N) is 1. The first-order valence-electron chi connectivity index (χ1n) is 5.68. The van der Waals surface area contributed by atoms with Crippen LogP contribution in [0, 0.1) is 11.8 Å². The quantitative estimate of drug-likeness (QED) is 0.741. The predicted octanol–water partition coefficient (Wildman–Crippen LogP) is 1.33. The molecule has 3 nitrogen and oxygen atoms in total. The Labute approximate surface area is 99.0 Å². The second kappa shape index (κ2) is 5.00. The summed E-state index contributed by atoms with van der Waals surface area (Å²) >= 11 is 0. The standard InChI is InChI=1S/C11H22N2O.ClH/c1-9-6-12-11(2,14-8-9)10-4-5-13(3)7-10;/h9-10,12H,4-8H2,1-3H3;1H. The fourth-order valence-electron chi connectivity index (χ4n) is 2.45. The minimum absolute atomic E-state index is 0. The van der Waals surface area contributed by atoms with E-state index in [9.17, 15) is 0 Å². The highest BCUT2D eigenvalue weighted by Crippen LogP contribution is 2.30. The average molecular weight is 235 g/mol. The first-order chi connectivity index (χ1) is 6.60. The molecule has 0 bridgehead atoms. The molecule has 2 heterocycles. The van der Waals surface area contributed by atoms with Gasteiger partial charge in [0.25, 0.3) is 0 Å². The highest BCUT2D eigenvalue weighted by Gasteiger charge is 2.40. The smallest absolute Gasteiger partial charge is 0.120 e. The molecule has 2 fully saturated rings. The molecule has 0 aromatic carbocycles. The van der Waals surface area contributed by atoms with Gasteiger partial charge < -0.3 is 9.64 Å². The molecule has 15 heavy (non-hydrogen) atoms. The number of halogens is 1. The largest absolute Gasteiger partial charge is 0.360 e. The Balaban J connectivity index is 0.00000112. The summed E-state index contributed by atoms with van der Waals surface area (Å²) < 4.78 is 5.97. The van der Waals surface area contributed by atoms with Gasteiger partial charge in [-0.3, -0.25) is 5.32 Å². The maximum atomic E-state index is 5.97. The second-order valence-corrected chi connectivity index (χ2v) is 5.15. The molecule has 0 saturated carbocycles. The molecule has 90 valence electrons. The van der Waals surface area contributed by atoms with E-state index in [0.717, 1.165) is 19.7 Å². The SMILES string of the molecule is CC1CNC(C)(C2CCN(C)C2)OC1.Cl. The summed E-state index contributed by atoms with van der Waals surface area (Å²) in [6.07, 6.45) is 1.26. The van der Waals surface area contributed by atoms with E-state index >= 15 is 0 Å². The summed E-state index contributed by atoms with van der Waals surface area (Å²) in [6, 6.07) is 0. The fourth-order valence-corrected chi connectivity index (χ4v) is 2.45. The molecule has 0 spiro atoms. The van der Waals surface area contributed by atoms with E-state index in [1.54, 1.807) is 0 Å². The Morgan fingerprint density at radius 1 is 1.47 bits per heavy atom. The van der Waals surface area contributed by atoms with Gasteiger partial charge >= 0.3 is 0 Å². The lowest BCUT2D eigenvalue weighted by Crippen LogP contribution is -2.57. The van der Waals surface area contributed by atoms with E-state index in [-0.39, 0.29) is 18.1 Å². The average Bonchev–Trinajstić information content (AvgIpc) is 2.58. The molecule has 2 rings (SSSR count). The van der Waals surface area contributed by atoms with E-state index in [1.807, 2.05) is 0 Å². The minimum atomic E-state index is -0.0722. The van der Waals surface area contributed by atoms with Crippen LogP contribution in [0.25, 0.3) is 0 Å². The molecule has 0 aromatic rings. The van der Waals surface area contributed by atoms with Gasteiger partial charge in [0.15, 0.2) is 0 Å². The van der Waals surface area contributed by atoms with Gasteiger partial charge in [-0.05, 0) is 32.9 Å². The van der Waals surface area contributed by atoms with Gasteiger partial charge in [-0.25, -0.2) is 0 Å². The van der Waals surface area contributed by atoms with Crippen molar-refractivity contribution in [2.75, 3.05) is 33.3 Å². The van der Waals surface area contributed by atoms with Crippen LogP contribution in [0.15, 0.2) is 0 Å². The number of likely N-dealkylation sites (tertiary alicyclic amines) is 1. The summed E-state index contributed by atoms with van der Waals surface area (Å²) in [5.41, 5.74) is -0.0722. The topological polar surface area (TPSA) is 24.5 Å². The molecular weight excluding hydrogens is 212 g/mol. The lowest BCUT2D eigenvalue weighted by Gasteiger charge is -2.42. The minimum Gasteiger partial charge on any atom is -0.360 e. The summed E-state index contributed by atoms with van der Waals surface area (Å²) in [4.78, 5) is 2.39. The molecule has 0 aliphatic carbocycles. The molecule has 3 unspecified atom stereocenters. The van der Waals surface area contributed by atoms with Crippen molar-refractivity contribution < 1.29 is 4.74 Å².